The third-order valence-corrected chi connectivity index (χ3v) is 4.53. The average molecular weight is 289 g/mol. The van der Waals surface area contributed by atoms with Crippen LogP contribution in [0.15, 0.2) is 18.2 Å². The summed E-state index contributed by atoms with van der Waals surface area (Å²) in [5, 5.41) is 2.99. The third kappa shape index (κ3) is 4.55. The number of amides is 1. The number of nitrogens with one attached hydrogen (secondary N) is 1. The van der Waals surface area contributed by atoms with Crippen LogP contribution >= 0.6 is 0 Å². The highest BCUT2D eigenvalue weighted by molar-refractivity contribution is 5.92. The van der Waals surface area contributed by atoms with E-state index in [9.17, 15) is 4.79 Å². The highest BCUT2D eigenvalue weighted by Crippen LogP contribution is 2.19. The molecule has 4 heteroatoms. The van der Waals surface area contributed by atoms with Gasteiger partial charge in [0, 0.05) is 11.7 Å². The number of likely N-dealkylation sites (tertiary alicyclic amines) is 1. The van der Waals surface area contributed by atoms with Crippen LogP contribution in [0.2, 0.25) is 0 Å². The van der Waals surface area contributed by atoms with Crippen LogP contribution in [0.3, 0.4) is 0 Å². The number of benzene rings is 1. The van der Waals surface area contributed by atoms with E-state index in [4.69, 9.17) is 5.73 Å². The summed E-state index contributed by atoms with van der Waals surface area (Å²) in [6.07, 6.45) is 2.18. The van der Waals surface area contributed by atoms with E-state index in [0.29, 0.717) is 12.5 Å². The van der Waals surface area contributed by atoms with Crippen LogP contribution in [0.4, 0.5) is 5.69 Å². The van der Waals surface area contributed by atoms with Crippen LogP contribution in [0.25, 0.3) is 0 Å². The molecule has 1 saturated heterocycles. The fourth-order valence-corrected chi connectivity index (χ4v) is 2.86. The molecule has 1 heterocycles. The number of hydrogen-bond donors (Lipinski definition) is 2. The van der Waals surface area contributed by atoms with Gasteiger partial charge in [0.15, 0.2) is 0 Å². The molecule has 3 N–H and O–H groups in total. The summed E-state index contributed by atoms with van der Waals surface area (Å²) in [5.74, 6) is 0.668. The molecule has 1 aliphatic heterocycles. The Labute approximate surface area is 127 Å². The van der Waals surface area contributed by atoms with E-state index in [1.54, 1.807) is 0 Å². The lowest BCUT2D eigenvalue weighted by molar-refractivity contribution is -0.117. The largest absolute Gasteiger partial charge is 0.328 e. The molecular weight excluding hydrogens is 262 g/mol. The second-order valence-corrected chi connectivity index (χ2v) is 6.32. The Bertz CT molecular complexity index is 491. The molecule has 1 aromatic carbocycles. The molecule has 0 aliphatic carbocycles. The standard InChI is InChI=1S/C17H27N3O/c1-12-4-5-16(10-13(12)2)19-17(21)11-20-8-6-15(7-9-20)14(3)18/h4-5,10,14-15H,6-9,11,18H2,1-3H3,(H,19,21). The predicted octanol–water partition coefficient (Wildman–Crippen LogP) is 2.30. The summed E-state index contributed by atoms with van der Waals surface area (Å²) < 4.78 is 0. The molecular formula is C17H27N3O. The smallest absolute Gasteiger partial charge is 0.238 e. The van der Waals surface area contributed by atoms with Crippen molar-refractivity contribution < 1.29 is 4.79 Å². The molecule has 4 nitrogen and oxygen atoms in total. The number of aryl methyl sites for hydroxylation is 2. The molecule has 0 saturated carbocycles. The van der Waals surface area contributed by atoms with Gasteiger partial charge in [0.1, 0.15) is 0 Å². The number of piperidine rings is 1. The van der Waals surface area contributed by atoms with Gasteiger partial charge >= 0.3 is 0 Å². The molecule has 0 bridgehead atoms. The van der Waals surface area contributed by atoms with Gasteiger partial charge in [-0.05, 0) is 75.9 Å². The SMILES string of the molecule is Cc1ccc(NC(=O)CN2CCC(C(C)N)CC2)cc1C. The van der Waals surface area contributed by atoms with E-state index in [1.807, 2.05) is 18.2 Å². The first-order valence-electron chi connectivity index (χ1n) is 7.80. The van der Waals surface area contributed by atoms with Crippen LogP contribution in [0, 0.1) is 19.8 Å². The molecule has 21 heavy (non-hydrogen) atoms. The maximum absolute atomic E-state index is 12.1. The van der Waals surface area contributed by atoms with Crippen molar-refractivity contribution >= 4 is 11.6 Å². The minimum absolute atomic E-state index is 0.0671. The zero-order valence-electron chi connectivity index (χ0n) is 13.4. The van der Waals surface area contributed by atoms with E-state index in [0.717, 1.165) is 31.6 Å². The van der Waals surface area contributed by atoms with Crippen LogP contribution < -0.4 is 11.1 Å². The molecule has 1 amide bonds. The number of carbonyl (C=O) groups is 1. The topological polar surface area (TPSA) is 58.4 Å². The number of hydrogen-bond acceptors (Lipinski definition) is 3. The lowest BCUT2D eigenvalue weighted by Gasteiger charge is -2.33. The molecule has 1 unspecified atom stereocenters. The number of rotatable bonds is 4. The quantitative estimate of drug-likeness (QED) is 0.894. The van der Waals surface area contributed by atoms with E-state index in [2.05, 4.69) is 31.0 Å². The summed E-state index contributed by atoms with van der Waals surface area (Å²) in [7, 11) is 0. The first-order valence-corrected chi connectivity index (χ1v) is 7.80. The maximum atomic E-state index is 12.1. The van der Waals surface area contributed by atoms with Crippen molar-refractivity contribution in [3.63, 3.8) is 0 Å². The molecule has 116 valence electrons. The van der Waals surface area contributed by atoms with Crippen molar-refractivity contribution in [2.45, 2.75) is 39.7 Å². The van der Waals surface area contributed by atoms with Gasteiger partial charge in [-0.2, -0.15) is 0 Å². The molecule has 0 radical (unpaired) electrons. The second-order valence-electron chi connectivity index (χ2n) is 6.32. The molecule has 0 spiro atoms. The maximum Gasteiger partial charge on any atom is 0.238 e. The van der Waals surface area contributed by atoms with Gasteiger partial charge in [0.25, 0.3) is 0 Å². The summed E-state index contributed by atoms with van der Waals surface area (Å²) in [5.41, 5.74) is 9.27. The summed E-state index contributed by atoms with van der Waals surface area (Å²) >= 11 is 0. The molecule has 1 aliphatic rings. The minimum atomic E-state index is 0.0671. The normalized spacial score (nSPS) is 18.5. The van der Waals surface area contributed by atoms with Crippen LogP contribution in [-0.4, -0.2) is 36.5 Å². The van der Waals surface area contributed by atoms with Gasteiger partial charge in [0.05, 0.1) is 6.54 Å². The van der Waals surface area contributed by atoms with Gasteiger partial charge < -0.3 is 11.1 Å². The van der Waals surface area contributed by atoms with Crippen molar-refractivity contribution in [3.8, 4) is 0 Å². The predicted molar refractivity (Wildman–Crippen MR) is 87.4 cm³/mol. The number of nitrogens with zero attached hydrogens (tertiary/aromatic N) is 1. The molecule has 1 fully saturated rings. The lowest BCUT2D eigenvalue weighted by Crippen LogP contribution is -2.42. The van der Waals surface area contributed by atoms with E-state index >= 15 is 0 Å². The Balaban J connectivity index is 1.81. The fourth-order valence-electron chi connectivity index (χ4n) is 2.86. The first-order chi connectivity index (χ1) is 9.95. The number of nitrogens with two attached hydrogens (primary N) is 1. The second kappa shape index (κ2) is 7.05. The van der Waals surface area contributed by atoms with E-state index < -0.39 is 0 Å². The van der Waals surface area contributed by atoms with Crippen molar-refractivity contribution in [2.24, 2.45) is 11.7 Å². The summed E-state index contributed by atoms with van der Waals surface area (Å²) in [4.78, 5) is 14.3. The Hall–Kier alpha value is -1.39. The monoisotopic (exact) mass is 289 g/mol. The average Bonchev–Trinajstić information content (AvgIpc) is 2.43. The van der Waals surface area contributed by atoms with Gasteiger partial charge in [-0.15, -0.1) is 0 Å². The lowest BCUT2D eigenvalue weighted by atomic mass is 9.91. The van der Waals surface area contributed by atoms with Gasteiger partial charge in [0.2, 0.25) is 5.91 Å². The number of carbonyl (C=O) groups excluding carboxylic acids is 1. The molecule has 1 aromatic rings. The molecule has 1 atom stereocenters. The van der Waals surface area contributed by atoms with Gasteiger partial charge in [-0.1, -0.05) is 6.07 Å². The number of anilines is 1. The van der Waals surface area contributed by atoms with Crippen molar-refractivity contribution in [1.82, 2.24) is 4.90 Å². The Kier molecular flexibility index (Phi) is 5.37. The third-order valence-electron chi connectivity index (χ3n) is 4.53. The Morgan fingerprint density at radius 1 is 1.33 bits per heavy atom. The zero-order chi connectivity index (χ0) is 15.4. The van der Waals surface area contributed by atoms with Crippen molar-refractivity contribution in [2.75, 3.05) is 25.0 Å². The van der Waals surface area contributed by atoms with Crippen LogP contribution in [0.1, 0.15) is 30.9 Å². The van der Waals surface area contributed by atoms with Crippen LogP contribution in [-0.2, 0) is 4.79 Å². The van der Waals surface area contributed by atoms with Gasteiger partial charge in [-0.3, -0.25) is 9.69 Å². The Morgan fingerprint density at radius 3 is 2.57 bits per heavy atom. The van der Waals surface area contributed by atoms with Crippen LogP contribution in [0.5, 0.6) is 0 Å². The Morgan fingerprint density at radius 2 is 2.00 bits per heavy atom. The summed E-state index contributed by atoms with van der Waals surface area (Å²) in [6.45, 7) is 8.61. The molecule has 0 aromatic heterocycles. The summed E-state index contributed by atoms with van der Waals surface area (Å²) in [6, 6.07) is 6.29. The minimum Gasteiger partial charge on any atom is -0.328 e. The van der Waals surface area contributed by atoms with E-state index in [-0.39, 0.29) is 11.9 Å². The van der Waals surface area contributed by atoms with E-state index in [1.165, 1.54) is 11.1 Å². The molecule has 2 rings (SSSR count). The fraction of sp³-hybridized carbons (Fsp3) is 0.588. The van der Waals surface area contributed by atoms with Crippen molar-refractivity contribution in [1.29, 1.82) is 0 Å². The van der Waals surface area contributed by atoms with Crippen molar-refractivity contribution in [3.05, 3.63) is 29.3 Å². The zero-order valence-corrected chi connectivity index (χ0v) is 13.4. The van der Waals surface area contributed by atoms with Gasteiger partial charge in [-0.25, -0.2) is 0 Å². The first kappa shape index (κ1) is 16.0. The highest BCUT2D eigenvalue weighted by Gasteiger charge is 2.22. The highest BCUT2D eigenvalue weighted by atomic mass is 16.2.